The molecule has 0 fully saturated rings. The summed E-state index contributed by atoms with van der Waals surface area (Å²) in [5, 5.41) is 24.2. The summed E-state index contributed by atoms with van der Waals surface area (Å²) >= 11 is 0. The number of fused-ring (bicyclic) bond motifs is 1. The normalized spacial score (nSPS) is 15.5. The highest BCUT2D eigenvalue weighted by Gasteiger charge is 2.21. The molecule has 1 unspecified atom stereocenters. The number of hydrogen-bond acceptors (Lipinski definition) is 4. The Morgan fingerprint density at radius 1 is 1.17 bits per heavy atom. The molecule has 1 aromatic heterocycles. The van der Waals surface area contributed by atoms with E-state index in [2.05, 4.69) is 34.3 Å². The highest BCUT2D eigenvalue weighted by molar-refractivity contribution is 6.10. The molecule has 1 aliphatic rings. The molecule has 3 aromatic rings. The van der Waals surface area contributed by atoms with Crippen LogP contribution < -0.4 is 10.6 Å². The minimum atomic E-state index is -0.412. The van der Waals surface area contributed by atoms with Crippen molar-refractivity contribution in [3.05, 3.63) is 96.5 Å². The molecule has 1 aliphatic heterocycles. The van der Waals surface area contributed by atoms with Gasteiger partial charge in [-0.05, 0) is 54.5 Å². The molecule has 0 amide bonds. The Bertz CT molecular complexity index is 1170. The average molecular weight is 396 g/mol. The lowest BCUT2D eigenvalue weighted by Gasteiger charge is -2.23. The van der Waals surface area contributed by atoms with Crippen LogP contribution in [0, 0.1) is 10.8 Å². The van der Waals surface area contributed by atoms with Gasteiger partial charge in [-0.1, -0.05) is 43.0 Å². The minimum Gasteiger partial charge on any atom is -0.373 e. The molecule has 150 valence electrons. The van der Waals surface area contributed by atoms with Crippen LogP contribution in [-0.2, 0) is 0 Å². The van der Waals surface area contributed by atoms with Gasteiger partial charge in [0.1, 0.15) is 0 Å². The van der Waals surface area contributed by atoms with Gasteiger partial charge in [0.15, 0.2) is 0 Å². The van der Waals surface area contributed by atoms with Crippen LogP contribution >= 0.6 is 0 Å². The molecule has 2 aromatic carbocycles. The van der Waals surface area contributed by atoms with Crippen molar-refractivity contribution >= 4 is 34.1 Å². The van der Waals surface area contributed by atoms with Gasteiger partial charge in [-0.25, -0.2) is 0 Å². The summed E-state index contributed by atoms with van der Waals surface area (Å²) < 4.78 is 0. The van der Waals surface area contributed by atoms with E-state index in [-0.39, 0.29) is 0 Å². The summed E-state index contributed by atoms with van der Waals surface area (Å²) in [4.78, 5) is 3.30. The van der Waals surface area contributed by atoms with E-state index in [4.69, 9.17) is 10.8 Å². The van der Waals surface area contributed by atoms with E-state index in [1.165, 1.54) is 6.21 Å². The fraction of sp³-hybridized carbons (Fsp3) is 0.120. The Morgan fingerprint density at radius 3 is 2.83 bits per heavy atom. The quantitative estimate of drug-likeness (QED) is 0.344. The molecule has 5 nitrogen and oxygen atoms in total. The van der Waals surface area contributed by atoms with Crippen molar-refractivity contribution in [1.82, 2.24) is 10.3 Å². The highest BCUT2D eigenvalue weighted by atomic mass is 14.9. The van der Waals surface area contributed by atoms with Crippen LogP contribution in [0.1, 0.15) is 24.0 Å². The van der Waals surface area contributed by atoms with Crippen LogP contribution in [0.25, 0.3) is 16.5 Å². The molecule has 0 aliphatic carbocycles. The maximum Gasteiger partial charge on any atom is 0.0934 e. The lowest BCUT2D eigenvalue weighted by atomic mass is 9.94. The van der Waals surface area contributed by atoms with Gasteiger partial charge >= 0.3 is 0 Å². The number of para-hydroxylation sites is 1. The molecule has 4 rings (SSSR count). The Labute approximate surface area is 176 Å². The smallest absolute Gasteiger partial charge is 0.0934 e. The summed E-state index contributed by atoms with van der Waals surface area (Å²) in [5.41, 5.74) is 5.97. The maximum atomic E-state index is 8.85. The van der Waals surface area contributed by atoms with Gasteiger partial charge in [0.05, 0.1) is 11.8 Å². The zero-order valence-electron chi connectivity index (χ0n) is 16.7. The number of aromatic amines is 1. The second-order valence-electron chi connectivity index (χ2n) is 7.33. The first-order valence-corrected chi connectivity index (χ1v) is 9.98. The zero-order valence-corrected chi connectivity index (χ0v) is 16.7. The monoisotopic (exact) mass is 395 g/mol. The third-order valence-electron chi connectivity index (χ3n) is 5.26. The Kier molecular flexibility index (Phi) is 5.61. The van der Waals surface area contributed by atoms with Crippen molar-refractivity contribution in [3.8, 4) is 0 Å². The van der Waals surface area contributed by atoms with Crippen LogP contribution in [-0.4, -0.2) is 23.0 Å². The number of aromatic nitrogens is 1. The van der Waals surface area contributed by atoms with E-state index in [1.54, 1.807) is 0 Å². The molecule has 0 saturated carbocycles. The van der Waals surface area contributed by atoms with E-state index in [0.717, 1.165) is 51.8 Å². The Hall–Kier alpha value is -3.86. The van der Waals surface area contributed by atoms with Gasteiger partial charge in [0, 0.05) is 40.3 Å². The lowest BCUT2D eigenvalue weighted by Crippen LogP contribution is -2.30. The SMILES string of the molecule is C=C(c1c[nH]c2ccccc12)C(Nc1cccc(C=N)c1)C(=N)/C=C1/CCC=CN1. The number of nitrogens with one attached hydrogen (secondary N) is 5. The summed E-state index contributed by atoms with van der Waals surface area (Å²) in [6, 6.07) is 15.3. The van der Waals surface area contributed by atoms with E-state index >= 15 is 0 Å². The van der Waals surface area contributed by atoms with Crippen LogP contribution in [0.4, 0.5) is 5.69 Å². The molecular weight excluding hydrogens is 370 g/mol. The Balaban J connectivity index is 1.70. The van der Waals surface area contributed by atoms with Crippen molar-refractivity contribution in [2.75, 3.05) is 5.32 Å². The predicted octanol–water partition coefficient (Wildman–Crippen LogP) is 5.46. The molecule has 0 bridgehead atoms. The first-order valence-electron chi connectivity index (χ1n) is 9.98. The van der Waals surface area contributed by atoms with Gasteiger partial charge in [0.25, 0.3) is 0 Å². The fourth-order valence-electron chi connectivity index (χ4n) is 3.68. The summed E-state index contributed by atoms with van der Waals surface area (Å²) in [5.74, 6) is 0. The maximum absolute atomic E-state index is 8.85. The van der Waals surface area contributed by atoms with Crippen LogP contribution in [0.15, 0.2) is 85.4 Å². The van der Waals surface area contributed by atoms with Crippen molar-refractivity contribution in [2.45, 2.75) is 18.9 Å². The van der Waals surface area contributed by atoms with Crippen molar-refractivity contribution < 1.29 is 0 Å². The minimum absolute atomic E-state index is 0.412. The molecule has 0 radical (unpaired) electrons. The first-order chi connectivity index (χ1) is 14.7. The third kappa shape index (κ3) is 4.10. The molecular formula is C25H25N5. The van der Waals surface area contributed by atoms with Crippen LogP contribution in [0.2, 0.25) is 0 Å². The van der Waals surface area contributed by atoms with E-state index in [1.807, 2.05) is 60.9 Å². The number of hydrogen-bond donors (Lipinski definition) is 5. The predicted molar refractivity (Wildman–Crippen MR) is 126 cm³/mol. The van der Waals surface area contributed by atoms with Gasteiger partial charge in [0.2, 0.25) is 0 Å². The summed E-state index contributed by atoms with van der Waals surface area (Å²) in [6.45, 7) is 4.37. The molecule has 0 saturated heterocycles. The van der Waals surface area contributed by atoms with E-state index < -0.39 is 6.04 Å². The van der Waals surface area contributed by atoms with Crippen LogP contribution in [0.3, 0.4) is 0 Å². The second kappa shape index (κ2) is 8.66. The number of rotatable bonds is 7. The molecule has 5 heteroatoms. The topological polar surface area (TPSA) is 87.6 Å². The number of benzene rings is 2. The summed E-state index contributed by atoms with van der Waals surface area (Å²) in [6.07, 6.45) is 11.0. The van der Waals surface area contributed by atoms with Gasteiger partial charge in [-0.3, -0.25) is 0 Å². The number of H-pyrrole nitrogens is 1. The molecule has 2 heterocycles. The van der Waals surface area contributed by atoms with E-state index in [0.29, 0.717) is 5.71 Å². The van der Waals surface area contributed by atoms with Gasteiger partial charge in [-0.15, -0.1) is 0 Å². The van der Waals surface area contributed by atoms with Crippen molar-refractivity contribution in [3.63, 3.8) is 0 Å². The largest absolute Gasteiger partial charge is 0.373 e. The Morgan fingerprint density at radius 2 is 2.03 bits per heavy atom. The summed E-state index contributed by atoms with van der Waals surface area (Å²) in [7, 11) is 0. The van der Waals surface area contributed by atoms with Crippen molar-refractivity contribution in [2.24, 2.45) is 0 Å². The average Bonchev–Trinajstić information content (AvgIpc) is 3.22. The number of anilines is 1. The first kappa shape index (κ1) is 19.5. The number of allylic oxidation sites excluding steroid dienone is 2. The molecule has 1 atom stereocenters. The van der Waals surface area contributed by atoms with Gasteiger partial charge in [-0.2, -0.15) is 0 Å². The molecule has 0 spiro atoms. The molecule has 5 N–H and O–H groups in total. The lowest BCUT2D eigenvalue weighted by molar-refractivity contribution is 0.839. The van der Waals surface area contributed by atoms with Crippen LogP contribution in [0.5, 0.6) is 0 Å². The third-order valence-corrected chi connectivity index (χ3v) is 5.26. The molecule has 30 heavy (non-hydrogen) atoms. The fourth-order valence-corrected chi connectivity index (χ4v) is 3.68. The second-order valence-corrected chi connectivity index (χ2v) is 7.33. The zero-order chi connectivity index (χ0) is 20.9. The van der Waals surface area contributed by atoms with Crippen molar-refractivity contribution in [1.29, 1.82) is 10.8 Å². The highest BCUT2D eigenvalue weighted by Crippen LogP contribution is 2.28. The standard InChI is InChI=1S/C25H25N5/c1-17(22-16-29-24-11-3-2-10-21(22)24)25(23(27)14-19-8-4-5-12-28-19)30-20-9-6-7-18(13-20)15-26/h2-3,5-7,9-16,25-30H,1,4,8H2/b19-14-,26-15?,27-23?. The van der Waals surface area contributed by atoms with E-state index in [9.17, 15) is 0 Å². The van der Waals surface area contributed by atoms with Gasteiger partial charge < -0.3 is 26.4 Å².